The van der Waals surface area contributed by atoms with Crippen LogP contribution in [0.4, 0.5) is 0 Å². The Morgan fingerprint density at radius 1 is 1.11 bits per heavy atom. The van der Waals surface area contributed by atoms with Gasteiger partial charge in [-0.3, -0.25) is 0 Å². The van der Waals surface area contributed by atoms with Crippen molar-refractivity contribution < 1.29 is 0 Å². The van der Waals surface area contributed by atoms with Gasteiger partial charge in [-0.15, -0.1) is 0 Å². The Kier molecular flexibility index (Phi) is 2.12. The fourth-order valence-corrected chi connectivity index (χ4v) is 1.17. The van der Waals surface area contributed by atoms with Crippen molar-refractivity contribution in [3.05, 3.63) is 0 Å². The molecule has 0 spiro atoms. The molecule has 1 saturated heterocycles. The van der Waals surface area contributed by atoms with Crippen LogP contribution in [0, 0.1) is 5.92 Å². The van der Waals surface area contributed by atoms with E-state index in [1.54, 1.807) is 0 Å². The molecule has 9 heavy (non-hydrogen) atoms. The van der Waals surface area contributed by atoms with Crippen LogP contribution in [0.1, 0.15) is 27.2 Å². The van der Waals surface area contributed by atoms with E-state index in [0.29, 0.717) is 0 Å². The third-order valence-corrected chi connectivity index (χ3v) is 2.43. The summed E-state index contributed by atoms with van der Waals surface area (Å²) in [4.78, 5) is 2.55. The summed E-state index contributed by atoms with van der Waals surface area (Å²) in [5.74, 6) is 0.824. The largest absolute Gasteiger partial charge is 0.300 e. The van der Waals surface area contributed by atoms with Gasteiger partial charge in [-0.25, -0.2) is 0 Å². The first-order valence-electron chi connectivity index (χ1n) is 3.96. The Morgan fingerprint density at radius 3 is 1.78 bits per heavy atom. The van der Waals surface area contributed by atoms with Crippen molar-refractivity contribution in [2.45, 2.75) is 33.2 Å². The van der Waals surface area contributed by atoms with E-state index in [9.17, 15) is 0 Å². The van der Waals surface area contributed by atoms with Crippen LogP contribution >= 0.6 is 0 Å². The highest BCUT2D eigenvalue weighted by atomic mass is 15.2. The predicted molar refractivity (Wildman–Crippen MR) is 40.5 cm³/mol. The van der Waals surface area contributed by atoms with Gasteiger partial charge in [0.25, 0.3) is 0 Å². The summed E-state index contributed by atoms with van der Waals surface area (Å²) in [5, 5.41) is 0. The van der Waals surface area contributed by atoms with Gasteiger partial charge in [-0.2, -0.15) is 0 Å². The van der Waals surface area contributed by atoms with E-state index in [1.165, 1.54) is 19.5 Å². The third kappa shape index (κ3) is 1.45. The quantitative estimate of drug-likeness (QED) is 0.546. The normalized spacial score (nSPS) is 24.0. The molecule has 54 valence electrons. The molecule has 0 bridgehead atoms. The molecule has 1 fully saturated rings. The monoisotopic (exact) mass is 127 g/mol. The molecular weight excluding hydrogens is 110 g/mol. The van der Waals surface area contributed by atoms with Crippen LogP contribution in [0.3, 0.4) is 0 Å². The van der Waals surface area contributed by atoms with Crippen LogP contribution in [-0.4, -0.2) is 24.0 Å². The average Bonchev–Trinajstić information content (AvgIpc) is 1.60. The molecule has 1 aliphatic rings. The minimum absolute atomic E-state index is 0.804. The Bertz CT molecular complexity index is 84.6. The average molecular weight is 127 g/mol. The molecular formula is C8H17N. The molecule has 1 aliphatic heterocycles. The van der Waals surface area contributed by atoms with Gasteiger partial charge in [-0.1, -0.05) is 13.8 Å². The zero-order valence-electron chi connectivity index (χ0n) is 6.72. The van der Waals surface area contributed by atoms with E-state index < -0.39 is 0 Å². The summed E-state index contributed by atoms with van der Waals surface area (Å²) in [6.07, 6.45) is 1.41. The van der Waals surface area contributed by atoms with Crippen molar-refractivity contribution in [2.75, 3.05) is 13.1 Å². The van der Waals surface area contributed by atoms with E-state index in [1.807, 2.05) is 0 Å². The maximum Gasteiger partial charge on any atom is 0.00899 e. The molecule has 1 atom stereocenters. The Balaban J connectivity index is 2.23. The molecule has 1 rings (SSSR count). The van der Waals surface area contributed by atoms with Crippen LogP contribution in [0.25, 0.3) is 0 Å². The van der Waals surface area contributed by atoms with Gasteiger partial charge in [0.05, 0.1) is 0 Å². The van der Waals surface area contributed by atoms with E-state index in [-0.39, 0.29) is 0 Å². The van der Waals surface area contributed by atoms with E-state index in [0.717, 1.165) is 12.0 Å². The summed E-state index contributed by atoms with van der Waals surface area (Å²) in [7, 11) is 0. The summed E-state index contributed by atoms with van der Waals surface area (Å²) >= 11 is 0. The molecule has 0 radical (unpaired) electrons. The second-order valence-electron chi connectivity index (χ2n) is 3.37. The highest BCUT2D eigenvalue weighted by Gasteiger charge is 2.21. The van der Waals surface area contributed by atoms with Gasteiger partial charge in [-0.05, 0) is 32.4 Å². The molecule has 0 aromatic heterocycles. The lowest BCUT2D eigenvalue weighted by molar-refractivity contribution is 0.0992. The van der Waals surface area contributed by atoms with Crippen LogP contribution in [0.2, 0.25) is 0 Å². The van der Waals surface area contributed by atoms with Gasteiger partial charge >= 0.3 is 0 Å². The molecule has 0 aromatic rings. The molecule has 0 amide bonds. The Hall–Kier alpha value is -0.0400. The van der Waals surface area contributed by atoms with Crippen molar-refractivity contribution in [3.8, 4) is 0 Å². The zero-order chi connectivity index (χ0) is 6.85. The lowest BCUT2D eigenvalue weighted by Crippen LogP contribution is -2.45. The summed E-state index contributed by atoms with van der Waals surface area (Å²) in [6.45, 7) is 9.58. The van der Waals surface area contributed by atoms with E-state index >= 15 is 0 Å². The first-order valence-corrected chi connectivity index (χ1v) is 3.96. The smallest absolute Gasteiger partial charge is 0.00899 e. The molecule has 0 aromatic carbocycles. The number of rotatable bonds is 2. The molecule has 1 nitrogen and oxygen atoms in total. The molecule has 1 heterocycles. The fourth-order valence-electron chi connectivity index (χ4n) is 1.17. The molecule has 0 unspecified atom stereocenters. The highest BCUT2D eigenvalue weighted by molar-refractivity contribution is 4.76. The maximum absolute atomic E-state index is 2.55. The van der Waals surface area contributed by atoms with Crippen LogP contribution in [0.5, 0.6) is 0 Å². The van der Waals surface area contributed by atoms with Gasteiger partial charge in [0.2, 0.25) is 0 Å². The standard InChI is InChI=1S/C8H17N/c1-7(2)8(3)9-5-4-6-9/h7-8H,4-6H2,1-3H3/t8-/m1/s1. The van der Waals surface area contributed by atoms with Gasteiger partial charge in [0.1, 0.15) is 0 Å². The highest BCUT2D eigenvalue weighted by Crippen LogP contribution is 2.16. The third-order valence-electron chi connectivity index (χ3n) is 2.43. The van der Waals surface area contributed by atoms with Crippen molar-refractivity contribution in [1.82, 2.24) is 4.90 Å². The van der Waals surface area contributed by atoms with Crippen molar-refractivity contribution in [1.29, 1.82) is 0 Å². The van der Waals surface area contributed by atoms with Crippen molar-refractivity contribution in [2.24, 2.45) is 5.92 Å². The summed E-state index contributed by atoms with van der Waals surface area (Å²) in [6, 6.07) is 0.804. The number of hydrogen-bond donors (Lipinski definition) is 0. The second kappa shape index (κ2) is 2.70. The van der Waals surface area contributed by atoms with Crippen LogP contribution in [0.15, 0.2) is 0 Å². The van der Waals surface area contributed by atoms with Crippen molar-refractivity contribution >= 4 is 0 Å². The minimum Gasteiger partial charge on any atom is -0.300 e. The lowest BCUT2D eigenvalue weighted by atomic mass is 10.0. The maximum atomic E-state index is 2.55. The number of nitrogens with zero attached hydrogens (tertiary/aromatic N) is 1. The van der Waals surface area contributed by atoms with Gasteiger partial charge < -0.3 is 4.90 Å². The molecule has 0 N–H and O–H groups in total. The predicted octanol–water partition coefficient (Wildman–Crippen LogP) is 1.74. The first kappa shape index (κ1) is 7.07. The fraction of sp³-hybridized carbons (Fsp3) is 1.00. The first-order chi connectivity index (χ1) is 4.22. The van der Waals surface area contributed by atoms with Gasteiger partial charge in [0, 0.05) is 6.04 Å². The summed E-state index contributed by atoms with van der Waals surface area (Å²) < 4.78 is 0. The van der Waals surface area contributed by atoms with Crippen LogP contribution in [-0.2, 0) is 0 Å². The minimum atomic E-state index is 0.804. The Labute approximate surface area is 58.0 Å². The molecule has 0 saturated carbocycles. The van der Waals surface area contributed by atoms with Gasteiger partial charge in [0.15, 0.2) is 0 Å². The molecule has 0 aliphatic carbocycles. The van der Waals surface area contributed by atoms with Crippen molar-refractivity contribution in [3.63, 3.8) is 0 Å². The Morgan fingerprint density at radius 2 is 1.67 bits per heavy atom. The van der Waals surface area contributed by atoms with Crippen LogP contribution < -0.4 is 0 Å². The zero-order valence-corrected chi connectivity index (χ0v) is 6.72. The SMILES string of the molecule is CC(C)[C@@H](C)N1CCC1. The number of likely N-dealkylation sites (tertiary alicyclic amines) is 1. The summed E-state index contributed by atoms with van der Waals surface area (Å²) in [5.41, 5.74) is 0. The topological polar surface area (TPSA) is 3.24 Å². The van der Waals surface area contributed by atoms with E-state index in [2.05, 4.69) is 25.7 Å². The molecule has 1 heteroatoms. The second-order valence-corrected chi connectivity index (χ2v) is 3.37. The van der Waals surface area contributed by atoms with E-state index in [4.69, 9.17) is 0 Å². The lowest BCUT2D eigenvalue weighted by Gasteiger charge is -2.38. The number of hydrogen-bond acceptors (Lipinski definition) is 1.